The number of terminal acetylenes is 1. The van der Waals surface area contributed by atoms with Crippen LogP contribution in [0.3, 0.4) is 0 Å². The molecule has 0 heterocycles. The molecule has 0 amide bonds. The minimum Gasteiger partial charge on any atom is -0.497 e. The van der Waals surface area contributed by atoms with Crippen LogP contribution in [0.5, 0.6) is 11.5 Å². The Balaban J connectivity index is 2.41. The molecule has 0 radical (unpaired) electrons. The largest absolute Gasteiger partial charge is 0.573 e. The summed E-state index contributed by atoms with van der Waals surface area (Å²) >= 11 is 0. The van der Waals surface area contributed by atoms with Crippen LogP contribution >= 0.6 is 0 Å². The molecule has 0 aliphatic heterocycles. The quantitative estimate of drug-likeness (QED) is 0.788. The van der Waals surface area contributed by atoms with Crippen molar-refractivity contribution in [1.29, 1.82) is 0 Å². The van der Waals surface area contributed by atoms with Crippen LogP contribution in [0.15, 0.2) is 42.5 Å². The van der Waals surface area contributed by atoms with Crippen molar-refractivity contribution in [3.8, 4) is 35.0 Å². The van der Waals surface area contributed by atoms with E-state index >= 15 is 0 Å². The van der Waals surface area contributed by atoms with Gasteiger partial charge >= 0.3 is 6.36 Å². The molecule has 0 aliphatic carbocycles. The van der Waals surface area contributed by atoms with Crippen molar-refractivity contribution in [1.82, 2.24) is 0 Å². The van der Waals surface area contributed by atoms with Gasteiger partial charge in [-0.25, -0.2) is 0 Å². The molecule has 0 atom stereocenters. The lowest BCUT2D eigenvalue weighted by atomic mass is 10.0. The van der Waals surface area contributed by atoms with Crippen LogP contribution in [0.25, 0.3) is 11.1 Å². The van der Waals surface area contributed by atoms with Crippen LogP contribution in [0.1, 0.15) is 5.56 Å². The van der Waals surface area contributed by atoms with E-state index in [1.165, 1.54) is 19.2 Å². The van der Waals surface area contributed by atoms with Crippen molar-refractivity contribution < 1.29 is 22.6 Å². The highest BCUT2D eigenvalue weighted by Gasteiger charge is 2.32. The van der Waals surface area contributed by atoms with E-state index in [9.17, 15) is 13.2 Å². The number of rotatable bonds is 3. The van der Waals surface area contributed by atoms with Gasteiger partial charge in [-0.15, -0.1) is 19.6 Å². The molecule has 0 saturated carbocycles. The Labute approximate surface area is 120 Å². The molecule has 2 rings (SSSR count). The Hall–Kier alpha value is -2.61. The lowest BCUT2D eigenvalue weighted by Crippen LogP contribution is -2.17. The van der Waals surface area contributed by atoms with Crippen LogP contribution in [0, 0.1) is 12.3 Å². The van der Waals surface area contributed by atoms with Gasteiger partial charge in [0.25, 0.3) is 0 Å². The van der Waals surface area contributed by atoms with Gasteiger partial charge in [0, 0.05) is 0 Å². The molecule has 0 aliphatic rings. The number of hydrogen-bond donors (Lipinski definition) is 0. The first-order valence-corrected chi connectivity index (χ1v) is 5.94. The second kappa shape index (κ2) is 5.80. The molecule has 0 fully saturated rings. The Morgan fingerprint density at radius 1 is 1.00 bits per heavy atom. The van der Waals surface area contributed by atoms with E-state index in [-0.39, 0.29) is 5.56 Å². The van der Waals surface area contributed by atoms with E-state index < -0.39 is 12.1 Å². The summed E-state index contributed by atoms with van der Waals surface area (Å²) in [7, 11) is 1.53. The van der Waals surface area contributed by atoms with E-state index in [1.54, 1.807) is 30.3 Å². The molecule has 2 aromatic rings. The van der Waals surface area contributed by atoms with E-state index in [2.05, 4.69) is 10.7 Å². The first-order chi connectivity index (χ1) is 9.93. The van der Waals surface area contributed by atoms with Crippen molar-refractivity contribution in [3.05, 3.63) is 48.0 Å². The van der Waals surface area contributed by atoms with Crippen LogP contribution in [-0.4, -0.2) is 13.5 Å². The minimum absolute atomic E-state index is 0.0459. The summed E-state index contributed by atoms with van der Waals surface area (Å²) < 4.78 is 46.1. The fourth-order valence-corrected chi connectivity index (χ4v) is 1.81. The van der Waals surface area contributed by atoms with Gasteiger partial charge in [0.15, 0.2) is 0 Å². The molecule has 21 heavy (non-hydrogen) atoms. The molecule has 0 bridgehead atoms. The maximum atomic E-state index is 12.4. The third-order valence-corrected chi connectivity index (χ3v) is 2.79. The third kappa shape index (κ3) is 3.69. The molecule has 2 aromatic carbocycles. The maximum absolute atomic E-state index is 12.4. The zero-order chi connectivity index (χ0) is 15.5. The molecule has 5 heteroatoms. The second-order valence-electron chi connectivity index (χ2n) is 4.13. The Morgan fingerprint density at radius 2 is 1.62 bits per heavy atom. The number of hydrogen-bond acceptors (Lipinski definition) is 2. The average Bonchev–Trinajstić information content (AvgIpc) is 2.45. The summed E-state index contributed by atoms with van der Waals surface area (Å²) in [6.45, 7) is 0. The van der Waals surface area contributed by atoms with E-state index in [0.29, 0.717) is 11.3 Å². The zero-order valence-electron chi connectivity index (χ0n) is 11.1. The van der Waals surface area contributed by atoms with Crippen LogP contribution in [0.2, 0.25) is 0 Å². The molecule has 0 unspecified atom stereocenters. The zero-order valence-corrected chi connectivity index (χ0v) is 11.1. The van der Waals surface area contributed by atoms with Crippen LogP contribution in [0.4, 0.5) is 13.2 Å². The monoisotopic (exact) mass is 292 g/mol. The van der Waals surface area contributed by atoms with Crippen LogP contribution in [-0.2, 0) is 0 Å². The van der Waals surface area contributed by atoms with Gasteiger partial charge in [-0.1, -0.05) is 24.1 Å². The minimum atomic E-state index is -4.79. The van der Waals surface area contributed by atoms with E-state index in [0.717, 1.165) is 5.56 Å². The number of ether oxygens (including phenoxy) is 2. The highest BCUT2D eigenvalue weighted by Crippen LogP contribution is 2.31. The lowest BCUT2D eigenvalue weighted by Gasteiger charge is -2.12. The fraction of sp³-hybridized carbons (Fsp3) is 0.125. The Kier molecular flexibility index (Phi) is 4.08. The third-order valence-electron chi connectivity index (χ3n) is 2.79. The SMILES string of the molecule is C#Cc1ccc(-c2ccc(OC)cc2)cc1OC(F)(F)F. The first kappa shape index (κ1) is 14.8. The highest BCUT2D eigenvalue weighted by atomic mass is 19.4. The summed E-state index contributed by atoms with van der Waals surface area (Å²) in [6, 6.07) is 11.2. The van der Waals surface area contributed by atoms with Gasteiger partial charge in [-0.05, 0) is 35.4 Å². The summed E-state index contributed by atoms with van der Waals surface area (Å²) in [4.78, 5) is 0. The number of halogens is 3. The summed E-state index contributed by atoms with van der Waals surface area (Å²) in [5.74, 6) is 2.44. The van der Waals surface area contributed by atoms with Gasteiger partial charge in [0.1, 0.15) is 11.5 Å². The summed E-state index contributed by atoms with van der Waals surface area (Å²) in [5.41, 5.74) is 1.34. The molecular formula is C16H11F3O2. The second-order valence-corrected chi connectivity index (χ2v) is 4.13. The first-order valence-electron chi connectivity index (χ1n) is 5.94. The van der Waals surface area contributed by atoms with Crippen molar-refractivity contribution in [3.63, 3.8) is 0 Å². The molecule has 0 saturated heterocycles. The average molecular weight is 292 g/mol. The van der Waals surface area contributed by atoms with Gasteiger partial charge in [0.05, 0.1) is 12.7 Å². The van der Waals surface area contributed by atoms with E-state index in [1.807, 2.05) is 0 Å². The van der Waals surface area contributed by atoms with Crippen molar-refractivity contribution >= 4 is 0 Å². The summed E-state index contributed by atoms with van der Waals surface area (Å²) in [6.07, 6.45) is 0.395. The number of methoxy groups -OCH3 is 1. The van der Waals surface area contributed by atoms with Gasteiger partial charge in [0.2, 0.25) is 0 Å². The Bertz CT molecular complexity index is 667. The van der Waals surface area contributed by atoms with E-state index in [4.69, 9.17) is 11.2 Å². The highest BCUT2D eigenvalue weighted by molar-refractivity contribution is 5.68. The van der Waals surface area contributed by atoms with Gasteiger partial charge < -0.3 is 9.47 Å². The topological polar surface area (TPSA) is 18.5 Å². The van der Waals surface area contributed by atoms with Crippen LogP contribution < -0.4 is 9.47 Å². The standard InChI is InChI=1S/C16H11F3O2/c1-3-11-4-5-13(10-15(11)21-16(17,18)19)12-6-8-14(20-2)9-7-12/h1,4-10H,2H3. The number of benzene rings is 2. The van der Waals surface area contributed by atoms with Crippen molar-refractivity contribution in [2.24, 2.45) is 0 Å². The molecule has 108 valence electrons. The Morgan fingerprint density at radius 3 is 2.14 bits per heavy atom. The molecular weight excluding hydrogens is 281 g/mol. The molecule has 0 spiro atoms. The van der Waals surface area contributed by atoms with Gasteiger partial charge in [-0.3, -0.25) is 0 Å². The normalized spacial score (nSPS) is 10.8. The summed E-state index contributed by atoms with van der Waals surface area (Å²) in [5, 5.41) is 0. The number of alkyl halides is 3. The molecule has 2 nitrogen and oxygen atoms in total. The van der Waals surface area contributed by atoms with Gasteiger partial charge in [-0.2, -0.15) is 0 Å². The molecule has 0 aromatic heterocycles. The predicted octanol–water partition coefficient (Wildman–Crippen LogP) is 4.24. The van der Waals surface area contributed by atoms with Crippen molar-refractivity contribution in [2.75, 3.05) is 7.11 Å². The smallest absolute Gasteiger partial charge is 0.497 e. The molecule has 0 N–H and O–H groups in total. The maximum Gasteiger partial charge on any atom is 0.573 e. The fourth-order valence-electron chi connectivity index (χ4n) is 1.81. The predicted molar refractivity (Wildman–Crippen MR) is 73.0 cm³/mol. The van der Waals surface area contributed by atoms with Crippen molar-refractivity contribution in [2.45, 2.75) is 6.36 Å². The lowest BCUT2D eigenvalue weighted by molar-refractivity contribution is -0.274.